The number of quaternary nitrogens is 1. The molecule has 20 heavy (non-hydrogen) atoms. The Balaban J connectivity index is 0.00000200. The number of benzene rings is 1. The zero-order valence-electron chi connectivity index (χ0n) is 12.4. The van der Waals surface area contributed by atoms with Crippen molar-refractivity contribution >= 4 is 28.5 Å². The number of hydrogen-bond acceptors (Lipinski definition) is 4. The lowest BCUT2D eigenvalue weighted by atomic mass is 10.2. The Bertz CT molecular complexity index is 569. The first-order chi connectivity index (χ1) is 8.99. The SMILES string of the molecule is CSc1nc(NCC[N+](C)(C)C)c2ccccc2n1.[I-]. The molecule has 0 aliphatic heterocycles. The van der Waals surface area contributed by atoms with Gasteiger partial charge in [0.2, 0.25) is 0 Å². The van der Waals surface area contributed by atoms with E-state index in [4.69, 9.17) is 0 Å². The van der Waals surface area contributed by atoms with Crippen molar-refractivity contribution in [3.63, 3.8) is 0 Å². The number of halogens is 1. The second kappa shape index (κ2) is 7.42. The van der Waals surface area contributed by atoms with Gasteiger partial charge in [-0.05, 0) is 18.4 Å². The van der Waals surface area contributed by atoms with E-state index in [1.807, 2.05) is 24.5 Å². The fourth-order valence-corrected chi connectivity index (χ4v) is 2.16. The van der Waals surface area contributed by atoms with Crippen molar-refractivity contribution in [3.05, 3.63) is 24.3 Å². The van der Waals surface area contributed by atoms with Gasteiger partial charge in [0.1, 0.15) is 5.82 Å². The van der Waals surface area contributed by atoms with Crippen molar-refractivity contribution in [3.8, 4) is 0 Å². The van der Waals surface area contributed by atoms with Crippen molar-refractivity contribution < 1.29 is 28.5 Å². The lowest BCUT2D eigenvalue weighted by Crippen LogP contribution is -3.00. The van der Waals surface area contributed by atoms with Gasteiger partial charge < -0.3 is 33.8 Å². The molecule has 1 aromatic heterocycles. The summed E-state index contributed by atoms with van der Waals surface area (Å²) in [5.41, 5.74) is 0.995. The van der Waals surface area contributed by atoms with Crippen LogP contribution in [0, 0.1) is 0 Å². The maximum atomic E-state index is 4.57. The second-order valence-corrected chi connectivity index (χ2v) is 6.29. The van der Waals surface area contributed by atoms with Gasteiger partial charge in [0.25, 0.3) is 0 Å². The van der Waals surface area contributed by atoms with Crippen molar-refractivity contribution in [2.45, 2.75) is 5.16 Å². The average Bonchev–Trinajstić information content (AvgIpc) is 2.37. The van der Waals surface area contributed by atoms with E-state index < -0.39 is 0 Å². The van der Waals surface area contributed by atoms with Gasteiger partial charge in [-0.2, -0.15) is 0 Å². The minimum Gasteiger partial charge on any atom is -1.00 e. The smallest absolute Gasteiger partial charge is 0.189 e. The number of fused-ring (bicyclic) bond motifs is 1. The molecule has 1 aromatic carbocycles. The maximum Gasteiger partial charge on any atom is 0.189 e. The molecule has 2 aromatic rings. The maximum absolute atomic E-state index is 4.57. The van der Waals surface area contributed by atoms with Gasteiger partial charge >= 0.3 is 0 Å². The molecule has 1 N–H and O–H groups in total. The highest BCUT2D eigenvalue weighted by molar-refractivity contribution is 7.98. The first-order valence-corrected chi connectivity index (χ1v) is 7.57. The first kappa shape index (κ1) is 17.5. The topological polar surface area (TPSA) is 37.8 Å². The van der Waals surface area contributed by atoms with E-state index in [0.717, 1.165) is 39.4 Å². The lowest BCUT2D eigenvalue weighted by Gasteiger charge is -2.24. The zero-order chi connectivity index (χ0) is 13.9. The molecular weight excluding hydrogens is 383 g/mol. The molecule has 0 spiro atoms. The highest BCUT2D eigenvalue weighted by Crippen LogP contribution is 2.22. The molecule has 0 amide bonds. The van der Waals surface area contributed by atoms with Crippen LogP contribution in [0.15, 0.2) is 29.4 Å². The minimum absolute atomic E-state index is 0. The summed E-state index contributed by atoms with van der Waals surface area (Å²) in [5.74, 6) is 0.934. The van der Waals surface area contributed by atoms with Crippen LogP contribution in [0.1, 0.15) is 0 Å². The Labute approximate surface area is 142 Å². The minimum atomic E-state index is 0. The van der Waals surface area contributed by atoms with Crippen molar-refractivity contribution in [1.82, 2.24) is 9.97 Å². The summed E-state index contributed by atoms with van der Waals surface area (Å²) < 4.78 is 0.936. The largest absolute Gasteiger partial charge is 1.00 e. The lowest BCUT2D eigenvalue weighted by molar-refractivity contribution is -0.868. The van der Waals surface area contributed by atoms with Gasteiger partial charge in [-0.3, -0.25) is 0 Å². The molecule has 0 bridgehead atoms. The van der Waals surface area contributed by atoms with Gasteiger partial charge in [0.05, 0.1) is 39.7 Å². The Morgan fingerprint density at radius 2 is 1.85 bits per heavy atom. The molecular formula is C14H21IN4S. The third kappa shape index (κ3) is 4.75. The van der Waals surface area contributed by atoms with E-state index in [0.29, 0.717) is 0 Å². The molecule has 0 saturated carbocycles. The predicted octanol–water partition coefficient (Wildman–Crippen LogP) is -0.526. The summed E-state index contributed by atoms with van der Waals surface area (Å²) in [4.78, 5) is 9.09. The molecule has 1 heterocycles. The Morgan fingerprint density at radius 3 is 2.50 bits per heavy atom. The second-order valence-electron chi connectivity index (χ2n) is 5.52. The number of nitrogens with zero attached hydrogens (tertiary/aromatic N) is 3. The number of nitrogens with one attached hydrogen (secondary N) is 1. The average molecular weight is 404 g/mol. The quantitative estimate of drug-likeness (QED) is 0.315. The molecule has 0 radical (unpaired) electrons. The molecule has 6 heteroatoms. The van der Waals surface area contributed by atoms with Gasteiger partial charge in [-0.15, -0.1) is 0 Å². The number of aromatic nitrogens is 2. The van der Waals surface area contributed by atoms with Crippen LogP contribution in [0.4, 0.5) is 5.82 Å². The van der Waals surface area contributed by atoms with Gasteiger partial charge in [-0.1, -0.05) is 23.9 Å². The van der Waals surface area contributed by atoms with Gasteiger partial charge in [0.15, 0.2) is 5.16 Å². The molecule has 0 aliphatic rings. The van der Waals surface area contributed by atoms with Crippen LogP contribution in [0.25, 0.3) is 10.9 Å². The third-order valence-electron chi connectivity index (χ3n) is 2.84. The van der Waals surface area contributed by atoms with Crippen LogP contribution in [0.5, 0.6) is 0 Å². The third-order valence-corrected chi connectivity index (χ3v) is 3.39. The van der Waals surface area contributed by atoms with E-state index in [9.17, 15) is 0 Å². The van der Waals surface area contributed by atoms with Crippen LogP contribution in [0.3, 0.4) is 0 Å². The number of rotatable bonds is 5. The Morgan fingerprint density at radius 1 is 1.15 bits per heavy atom. The fraction of sp³-hybridized carbons (Fsp3) is 0.429. The van der Waals surface area contributed by atoms with Crippen LogP contribution in [-0.2, 0) is 0 Å². The normalized spacial score (nSPS) is 11.2. The highest BCUT2D eigenvalue weighted by atomic mass is 127. The molecule has 0 fully saturated rings. The van der Waals surface area contributed by atoms with E-state index >= 15 is 0 Å². The van der Waals surface area contributed by atoms with Gasteiger partial charge in [-0.25, -0.2) is 9.97 Å². The van der Waals surface area contributed by atoms with E-state index in [-0.39, 0.29) is 24.0 Å². The summed E-state index contributed by atoms with van der Waals surface area (Å²) in [6.45, 7) is 1.95. The molecule has 2 rings (SSSR count). The zero-order valence-corrected chi connectivity index (χ0v) is 15.3. The van der Waals surface area contributed by atoms with Crippen molar-refractivity contribution in [2.75, 3.05) is 45.8 Å². The van der Waals surface area contributed by atoms with Crippen molar-refractivity contribution in [2.24, 2.45) is 0 Å². The van der Waals surface area contributed by atoms with Crippen LogP contribution in [0.2, 0.25) is 0 Å². The number of para-hydroxylation sites is 1. The molecule has 0 unspecified atom stereocenters. The molecule has 4 nitrogen and oxygen atoms in total. The molecule has 0 atom stereocenters. The van der Waals surface area contributed by atoms with Gasteiger partial charge in [0, 0.05) is 5.39 Å². The summed E-state index contributed by atoms with van der Waals surface area (Å²) in [6.07, 6.45) is 2.00. The number of likely N-dealkylation sites (N-methyl/N-ethyl adjacent to an activating group) is 1. The molecule has 0 saturated heterocycles. The van der Waals surface area contributed by atoms with Crippen LogP contribution >= 0.6 is 11.8 Å². The Hall–Kier alpha value is -0.600. The fourth-order valence-electron chi connectivity index (χ4n) is 1.79. The summed E-state index contributed by atoms with van der Waals surface area (Å²) in [7, 11) is 6.56. The summed E-state index contributed by atoms with van der Waals surface area (Å²) in [5, 5.41) is 5.34. The van der Waals surface area contributed by atoms with Crippen LogP contribution < -0.4 is 29.3 Å². The number of thioether (sulfide) groups is 1. The van der Waals surface area contributed by atoms with E-state index in [2.05, 4.69) is 42.5 Å². The first-order valence-electron chi connectivity index (χ1n) is 6.35. The predicted molar refractivity (Wildman–Crippen MR) is 82.7 cm³/mol. The number of anilines is 1. The molecule has 0 aliphatic carbocycles. The molecule has 110 valence electrons. The summed E-state index contributed by atoms with van der Waals surface area (Å²) >= 11 is 1.57. The number of hydrogen-bond donors (Lipinski definition) is 1. The van der Waals surface area contributed by atoms with E-state index in [1.165, 1.54) is 0 Å². The van der Waals surface area contributed by atoms with Crippen molar-refractivity contribution in [1.29, 1.82) is 0 Å². The summed E-state index contributed by atoms with van der Waals surface area (Å²) in [6, 6.07) is 8.13. The monoisotopic (exact) mass is 404 g/mol. The van der Waals surface area contributed by atoms with Crippen LogP contribution in [-0.4, -0.2) is 54.9 Å². The standard InChI is InChI=1S/C14H21N4S.HI/c1-18(2,3)10-9-15-13-11-7-5-6-8-12(11)16-14(17-13)19-4;/h5-8H,9-10H2,1-4H3,(H,15,16,17);1H/q+1;/p-1. The Kier molecular flexibility index (Phi) is 6.47. The van der Waals surface area contributed by atoms with E-state index in [1.54, 1.807) is 11.8 Å². The highest BCUT2D eigenvalue weighted by Gasteiger charge is 2.09.